The summed E-state index contributed by atoms with van der Waals surface area (Å²) < 4.78 is 28.5. The van der Waals surface area contributed by atoms with Crippen LogP contribution in [0.3, 0.4) is 0 Å². The average Bonchev–Trinajstić information content (AvgIpc) is 2.81. The van der Waals surface area contributed by atoms with Gasteiger partial charge in [-0.15, -0.1) is 0 Å². The number of hydrogen-bond donors (Lipinski definition) is 1. The summed E-state index contributed by atoms with van der Waals surface area (Å²) in [5.41, 5.74) is 7.12. The van der Waals surface area contributed by atoms with E-state index in [9.17, 15) is 13.2 Å². The molecule has 0 aromatic heterocycles. The predicted octanol–water partition coefficient (Wildman–Crippen LogP) is 5.56. The van der Waals surface area contributed by atoms with Gasteiger partial charge in [-0.3, -0.25) is 9.10 Å². The molecule has 0 spiro atoms. The molecule has 184 valence electrons. The fourth-order valence-corrected chi connectivity index (χ4v) is 6.18. The van der Waals surface area contributed by atoms with Crippen LogP contribution in [0.15, 0.2) is 65.6 Å². The third-order valence-corrected chi connectivity index (χ3v) is 8.43. The largest absolute Gasteiger partial charge is 0.348 e. The third kappa shape index (κ3) is 5.76. The molecular weight excluding hydrogens is 456 g/mol. The maximum atomic E-state index is 13.7. The number of anilines is 1. The molecule has 0 saturated carbocycles. The molecule has 1 aliphatic rings. The van der Waals surface area contributed by atoms with Gasteiger partial charge in [0.2, 0.25) is 5.91 Å². The molecule has 6 heteroatoms. The van der Waals surface area contributed by atoms with Crippen molar-refractivity contribution in [3.63, 3.8) is 0 Å². The van der Waals surface area contributed by atoms with E-state index >= 15 is 0 Å². The summed E-state index contributed by atoms with van der Waals surface area (Å²) >= 11 is 0. The number of nitrogens with zero attached hydrogens (tertiary/aromatic N) is 1. The van der Waals surface area contributed by atoms with Crippen molar-refractivity contribution in [3.05, 3.63) is 94.0 Å². The fourth-order valence-electron chi connectivity index (χ4n) is 4.77. The monoisotopic (exact) mass is 490 g/mol. The van der Waals surface area contributed by atoms with Gasteiger partial charge in [0.1, 0.15) is 6.54 Å². The number of nitrogens with one attached hydrogen (secondary N) is 1. The molecule has 1 N–H and O–H groups in total. The van der Waals surface area contributed by atoms with Gasteiger partial charge in [0, 0.05) is 0 Å². The number of hydrogen-bond acceptors (Lipinski definition) is 3. The Bertz CT molecular complexity index is 1310. The highest BCUT2D eigenvalue weighted by Gasteiger charge is 2.28. The van der Waals surface area contributed by atoms with E-state index in [-0.39, 0.29) is 23.4 Å². The molecule has 0 fully saturated rings. The highest BCUT2D eigenvalue weighted by atomic mass is 32.2. The number of amides is 1. The molecule has 0 aliphatic heterocycles. The number of carbonyl (C=O) groups is 1. The number of fused-ring (bicyclic) bond motifs is 1. The molecule has 0 saturated heterocycles. The first-order valence-corrected chi connectivity index (χ1v) is 13.7. The molecule has 1 aliphatic carbocycles. The van der Waals surface area contributed by atoms with E-state index in [1.54, 1.807) is 36.4 Å². The zero-order valence-electron chi connectivity index (χ0n) is 21.0. The third-order valence-electron chi connectivity index (χ3n) is 6.64. The smallest absolute Gasteiger partial charge is 0.264 e. The minimum Gasteiger partial charge on any atom is -0.348 e. The van der Waals surface area contributed by atoms with E-state index in [2.05, 4.69) is 23.5 Å². The van der Waals surface area contributed by atoms with Crippen molar-refractivity contribution in [2.24, 2.45) is 0 Å². The van der Waals surface area contributed by atoms with Gasteiger partial charge in [-0.2, -0.15) is 0 Å². The molecule has 0 radical (unpaired) electrons. The second-order valence-electron chi connectivity index (χ2n) is 9.70. The Kier molecular flexibility index (Phi) is 7.31. The Balaban J connectivity index is 1.60. The van der Waals surface area contributed by atoms with Crippen molar-refractivity contribution in [3.8, 4) is 0 Å². The molecule has 1 atom stereocenters. The minimum absolute atomic E-state index is 0.165. The summed E-state index contributed by atoms with van der Waals surface area (Å²) in [6.45, 7) is 7.40. The molecule has 35 heavy (non-hydrogen) atoms. The van der Waals surface area contributed by atoms with Crippen molar-refractivity contribution in [2.75, 3.05) is 10.8 Å². The zero-order valence-corrected chi connectivity index (χ0v) is 21.8. The predicted molar refractivity (Wildman–Crippen MR) is 141 cm³/mol. The van der Waals surface area contributed by atoms with Gasteiger partial charge in [-0.05, 0) is 105 Å². The van der Waals surface area contributed by atoms with Crippen LogP contribution in [-0.2, 0) is 27.7 Å². The molecule has 4 rings (SSSR count). The van der Waals surface area contributed by atoms with Gasteiger partial charge < -0.3 is 5.32 Å². The lowest BCUT2D eigenvalue weighted by atomic mass is 9.89. The van der Waals surface area contributed by atoms with E-state index in [0.717, 1.165) is 35.1 Å². The maximum Gasteiger partial charge on any atom is 0.264 e. The van der Waals surface area contributed by atoms with E-state index in [4.69, 9.17) is 0 Å². The number of carbonyl (C=O) groups excluding carboxylic acids is 1. The van der Waals surface area contributed by atoms with Crippen LogP contribution in [0.4, 0.5) is 5.69 Å². The quantitative estimate of drug-likeness (QED) is 0.471. The topological polar surface area (TPSA) is 66.5 Å². The van der Waals surface area contributed by atoms with E-state index < -0.39 is 10.0 Å². The van der Waals surface area contributed by atoms with Crippen LogP contribution in [-0.4, -0.2) is 20.9 Å². The summed E-state index contributed by atoms with van der Waals surface area (Å²) in [5.74, 6) is -0.343. The van der Waals surface area contributed by atoms with Crippen molar-refractivity contribution >= 4 is 21.6 Å². The van der Waals surface area contributed by atoms with Gasteiger partial charge in [0.25, 0.3) is 10.0 Å². The lowest BCUT2D eigenvalue weighted by molar-refractivity contribution is -0.120. The van der Waals surface area contributed by atoms with E-state index in [1.807, 2.05) is 33.8 Å². The van der Waals surface area contributed by atoms with Crippen LogP contribution in [0.2, 0.25) is 0 Å². The van der Waals surface area contributed by atoms with Crippen molar-refractivity contribution in [1.82, 2.24) is 5.32 Å². The van der Waals surface area contributed by atoms with E-state index in [1.165, 1.54) is 28.3 Å². The van der Waals surface area contributed by atoms with Crippen molar-refractivity contribution < 1.29 is 13.2 Å². The first-order chi connectivity index (χ1) is 16.6. The van der Waals surface area contributed by atoms with Gasteiger partial charge in [0.05, 0.1) is 16.6 Å². The summed E-state index contributed by atoms with van der Waals surface area (Å²) in [4.78, 5) is 13.3. The van der Waals surface area contributed by atoms with Gasteiger partial charge in [-0.25, -0.2) is 8.42 Å². The summed E-state index contributed by atoms with van der Waals surface area (Å²) in [6, 6.07) is 18.5. The molecule has 0 bridgehead atoms. The van der Waals surface area contributed by atoms with Crippen LogP contribution < -0.4 is 9.62 Å². The second-order valence-corrected chi connectivity index (χ2v) is 11.6. The Hall–Kier alpha value is -3.12. The first kappa shape index (κ1) is 25.0. The lowest BCUT2D eigenvalue weighted by Gasteiger charge is -2.26. The number of rotatable bonds is 7. The maximum absolute atomic E-state index is 13.7. The number of aryl methyl sites for hydroxylation is 5. The van der Waals surface area contributed by atoms with E-state index in [0.29, 0.717) is 5.69 Å². The highest BCUT2D eigenvalue weighted by Crippen LogP contribution is 2.27. The van der Waals surface area contributed by atoms with Crippen LogP contribution in [0.5, 0.6) is 0 Å². The zero-order chi connectivity index (χ0) is 25.2. The normalized spacial score (nSPS) is 14.2. The molecule has 0 unspecified atom stereocenters. The fraction of sp³-hybridized carbons (Fsp3) is 0.345. The molecule has 3 aromatic rings. The first-order valence-electron chi connectivity index (χ1n) is 12.2. The molecule has 1 amide bonds. The SMILES string of the molecule is Cc1ccc(S(=O)(=O)N(CC(=O)N[C@H](C)c2ccc3c(c2)CCCC3)c2cc(C)cc(C)c2)cc1. The summed E-state index contributed by atoms with van der Waals surface area (Å²) in [7, 11) is -3.94. The van der Waals surface area contributed by atoms with Gasteiger partial charge in [-0.1, -0.05) is 42.0 Å². The van der Waals surface area contributed by atoms with Crippen molar-refractivity contribution in [1.29, 1.82) is 0 Å². The van der Waals surface area contributed by atoms with Crippen molar-refractivity contribution in [2.45, 2.75) is 64.3 Å². The Labute approximate surface area is 209 Å². The van der Waals surface area contributed by atoms with Crippen LogP contribution in [0.25, 0.3) is 0 Å². The molecule has 3 aromatic carbocycles. The average molecular weight is 491 g/mol. The van der Waals surface area contributed by atoms with Gasteiger partial charge in [0.15, 0.2) is 0 Å². The number of benzene rings is 3. The van der Waals surface area contributed by atoms with Crippen LogP contribution in [0.1, 0.15) is 59.2 Å². The molecule has 5 nitrogen and oxygen atoms in total. The van der Waals surface area contributed by atoms with Crippen LogP contribution in [0, 0.1) is 20.8 Å². The summed E-state index contributed by atoms with van der Waals surface area (Å²) in [6.07, 6.45) is 4.60. The molecular formula is C29H34N2O3S. The minimum atomic E-state index is -3.94. The van der Waals surface area contributed by atoms with Gasteiger partial charge >= 0.3 is 0 Å². The standard InChI is InChI=1S/C29H34N2O3S/c1-20-9-13-28(14-10-20)35(33,34)31(27-16-21(2)15-22(3)17-27)19-29(32)30-23(4)25-12-11-24-7-5-6-8-26(24)18-25/h9-18,23H,5-8,19H2,1-4H3,(H,30,32)/t23-/m1/s1. The summed E-state index contributed by atoms with van der Waals surface area (Å²) in [5, 5.41) is 3.02. The molecule has 0 heterocycles. The Morgan fingerprint density at radius 1 is 0.857 bits per heavy atom. The van der Waals surface area contributed by atoms with Crippen LogP contribution >= 0.6 is 0 Å². The highest BCUT2D eigenvalue weighted by molar-refractivity contribution is 7.92. The Morgan fingerprint density at radius 2 is 1.49 bits per heavy atom. The lowest BCUT2D eigenvalue weighted by Crippen LogP contribution is -2.41. The Morgan fingerprint density at radius 3 is 2.14 bits per heavy atom. The number of sulfonamides is 1. The second kappa shape index (κ2) is 10.2.